The average molecular weight is 372 g/mol. The normalized spacial score (nSPS) is 18.6. The van der Waals surface area contributed by atoms with Gasteiger partial charge in [-0.2, -0.15) is 0 Å². The number of aromatic amines is 1. The summed E-state index contributed by atoms with van der Waals surface area (Å²) in [6, 6.07) is 5.78. The van der Waals surface area contributed by atoms with E-state index in [0.717, 1.165) is 16.5 Å². The number of hydrogen-bond acceptors (Lipinski definition) is 5. The summed E-state index contributed by atoms with van der Waals surface area (Å²) in [5.74, 6) is -3.10. The number of hydrogen-bond donors (Lipinski definition) is 4. The van der Waals surface area contributed by atoms with E-state index in [0.29, 0.717) is 4.90 Å². The van der Waals surface area contributed by atoms with E-state index >= 15 is 0 Å². The van der Waals surface area contributed by atoms with Crippen LogP contribution in [0.3, 0.4) is 0 Å². The summed E-state index contributed by atoms with van der Waals surface area (Å²) in [4.78, 5) is 51.0. The van der Waals surface area contributed by atoms with Crippen LogP contribution >= 0.6 is 0 Å². The Morgan fingerprint density at radius 3 is 2.81 bits per heavy atom. The van der Waals surface area contributed by atoms with Crippen LogP contribution < -0.4 is 11.1 Å². The fraction of sp³-hybridized carbons (Fsp3) is 0.333. The van der Waals surface area contributed by atoms with E-state index in [2.05, 4.69) is 10.3 Å². The highest BCUT2D eigenvalue weighted by atomic mass is 16.4. The van der Waals surface area contributed by atoms with Gasteiger partial charge in [0.1, 0.15) is 12.6 Å². The predicted octanol–water partition coefficient (Wildman–Crippen LogP) is -0.244. The number of piperidine rings is 1. The van der Waals surface area contributed by atoms with Crippen molar-refractivity contribution in [2.75, 3.05) is 6.54 Å². The number of benzene rings is 1. The second-order valence-electron chi connectivity index (χ2n) is 6.48. The van der Waals surface area contributed by atoms with Crippen molar-refractivity contribution in [2.24, 2.45) is 5.73 Å². The number of aromatic nitrogens is 1. The monoisotopic (exact) mass is 372 g/mol. The van der Waals surface area contributed by atoms with Crippen molar-refractivity contribution in [2.45, 2.75) is 31.3 Å². The highest BCUT2D eigenvalue weighted by Gasteiger charge is 2.36. The third kappa shape index (κ3) is 3.98. The lowest BCUT2D eigenvalue weighted by molar-refractivity contribution is -0.156. The first kappa shape index (κ1) is 18.6. The van der Waals surface area contributed by atoms with Crippen LogP contribution in [0, 0.1) is 0 Å². The zero-order valence-corrected chi connectivity index (χ0v) is 14.5. The molecule has 1 aliphatic rings. The minimum Gasteiger partial charge on any atom is -0.480 e. The minimum absolute atomic E-state index is 0.0122. The molecule has 2 heterocycles. The van der Waals surface area contributed by atoms with E-state index in [4.69, 9.17) is 10.8 Å². The Morgan fingerprint density at radius 2 is 2.07 bits per heavy atom. The van der Waals surface area contributed by atoms with Crippen molar-refractivity contribution in [1.82, 2.24) is 15.2 Å². The number of H-pyrrole nitrogens is 1. The van der Waals surface area contributed by atoms with Gasteiger partial charge < -0.3 is 21.1 Å². The maximum absolute atomic E-state index is 12.4. The van der Waals surface area contributed by atoms with Gasteiger partial charge in [0.05, 0.1) is 6.04 Å². The number of rotatable bonds is 6. The number of nitrogens with two attached hydrogens (primary N) is 1. The zero-order valence-electron chi connectivity index (χ0n) is 14.5. The Labute approximate surface area is 154 Å². The van der Waals surface area contributed by atoms with Gasteiger partial charge in [0.25, 0.3) is 5.91 Å². The molecule has 0 spiro atoms. The number of amides is 3. The highest BCUT2D eigenvalue weighted by Crippen LogP contribution is 2.19. The molecule has 2 atom stereocenters. The molecule has 9 heteroatoms. The Hall–Kier alpha value is -3.20. The molecule has 1 aliphatic heterocycles. The topological polar surface area (TPSA) is 146 Å². The summed E-state index contributed by atoms with van der Waals surface area (Å²) >= 11 is 0. The van der Waals surface area contributed by atoms with Crippen LogP contribution in [-0.2, 0) is 25.6 Å². The molecular weight excluding hydrogens is 352 g/mol. The predicted molar refractivity (Wildman–Crippen MR) is 95.5 cm³/mol. The first-order valence-electron chi connectivity index (χ1n) is 8.53. The molecule has 5 N–H and O–H groups in total. The minimum atomic E-state index is -1.29. The quantitative estimate of drug-likeness (QED) is 0.515. The molecule has 1 aromatic heterocycles. The van der Waals surface area contributed by atoms with E-state index in [1.54, 1.807) is 6.20 Å². The van der Waals surface area contributed by atoms with Crippen molar-refractivity contribution in [3.05, 3.63) is 36.0 Å². The number of carboxylic acid groups (broad SMARTS) is 1. The van der Waals surface area contributed by atoms with Crippen molar-refractivity contribution >= 4 is 34.6 Å². The molecule has 1 aromatic carbocycles. The van der Waals surface area contributed by atoms with Crippen LogP contribution in [-0.4, -0.2) is 57.3 Å². The molecule has 3 amide bonds. The molecule has 0 bridgehead atoms. The standard InChI is InChI=1S/C18H20N4O5/c19-12(7-10-8-20-13-4-2-1-3-11(10)13)17(26)21-14-5-6-15(23)22(18(14)27)9-16(24)25/h1-4,8,12,14,20H,5-7,9,19H2,(H,21,26)(H,24,25)/t12-,14-/m0/s1. The zero-order chi connectivity index (χ0) is 19.6. The summed E-state index contributed by atoms with van der Waals surface area (Å²) in [6.07, 6.45) is 2.17. The lowest BCUT2D eigenvalue weighted by atomic mass is 10.0. The van der Waals surface area contributed by atoms with E-state index < -0.39 is 42.3 Å². The number of carbonyl (C=O) groups excluding carboxylic acids is 3. The van der Waals surface area contributed by atoms with Crippen LogP contribution in [0.4, 0.5) is 0 Å². The van der Waals surface area contributed by atoms with Crippen LogP contribution in [0.2, 0.25) is 0 Å². The van der Waals surface area contributed by atoms with E-state index in [1.807, 2.05) is 24.3 Å². The molecule has 142 valence electrons. The van der Waals surface area contributed by atoms with Crippen LogP contribution in [0.1, 0.15) is 18.4 Å². The van der Waals surface area contributed by atoms with Crippen molar-refractivity contribution in [1.29, 1.82) is 0 Å². The summed E-state index contributed by atoms with van der Waals surface area (Å²) < 4.78 is 0. The first-order chi connectivity index (χ1) is 12.9. The second-order valence-corrected chi connectivity index (χ2v) is 6.48. The number of nitrogens with one attached hydrogen (secondary N) is 2. The first-order valence-corrected chi connectivity index (χ1v) is 8.53. The lowest BCUT2D eigenvalue weighted by Crippen LogP contribution is -2.57. The lowest BCUT2D eigenvalue weighted by Gasteiger charge is -2.30. The molecule has 0 radical (unpaired) electrons. The number of carbonyl (C=O) groups is 4. The summed E-state index contributed by atoms with van der Waals surface area (Å²) in [6.45, 7) is -0.717. The van der Waals surface area contributed by atoms with E-state index in [-0.39, 0.29) is 19.3 Å². The molecule has 2 aromatic rings. The fourth-order valence-corrected chi connectivity index (χ4v) is 3.18. The van der Waals surface area contributed by atoms with Gasteiger partial charge in [0.2, 0.25) is 11.8 Å². The molecule has 0 aliphatic carbocycles. The number of para-hydroxylation sites is 1. The number of carboxylic acids is 1. The van der Waals surface area contributed by atoms with Crippen molar-refractivity contribution in [3.63, 3.8) is 0 Å². The Morgan fingerprint density at radius 1 is 1.33 bits per heavy atom. The molecule has 3 rings (SSSR count). The molecule has 0 saturated carbocycles. The van der Waals surface area contributed by atoms with Gasteiger partial charge in [-0.05, 0) is 24.5 Å². The van der Waals surface area contributed by atoms with Gasteiger partial charge in [-0.3, -0.25) is 24.1 Å². The number of imide groups is 1. The van der Waals surface area contributed by atoms with E-state index in [1.165, 1.54) is 0 Å². The second kappa shape index (κ2) is 7.58. The fourth-order valence-electron chi connectivity index (χ4n) is 3.18. The maximum atomic E-state index is 12.4. The molecule has 1 saturated heterocycles. The third-order valence-electron chi connectivity index (χ3n) is 4.57. The van der Waals surface area contributed by atoms with Crippen molar-refractivity contribution < 1.29 is 24.3 Å². The van der Waals surface area contributed by atoms with Crippen LogP contribution in [0.15, 0.2) is 30.5 Å². The number of fused-ring (bicyclic) bond motifs is 1. The Kier molecular flexibility index (Phi) is 5.22. The van der Waals surface area contributed by atoms with Gasteiger partial charge in [0.15, 0.2) is 0 Å². The number of likely N-dealkylation sites (tertiary alicyclic amines) is 1. The molecule has 0 unspecified atom stereocenters. The van der Waals surface area contributed by atoms with Gasteiger partial charge in [-0.15, -0.1) is 0 Å². The highest BCUT2D eigenvalue weighted by molar-refractivity contribution is 6.04. The summed E-state index contributed by atoms with van der Waals surface area (Å²) in [7, 11) is 0. The molecule has 1 fully saturated rings. The smallest absolute Gasteiger partial charge is 0.323 e. The summed E-state index contributed by atoms with van der Waals surface area (Å²) in [5.41, 5.74) is 7.81. The molecular formula is C18H20N4O5. The van der Waals surface area contributed by atoms with Gasteiger partial charge >= 0.3 is 5.97 Å². The molecule has 27 heavy (non-hydrogen) atoms. The van der Waals surface area contributed by atoms with Crippen molar-refractivity contribution in [3.8, 4) is 0 Å². The van der Waals surface area contributed by atoms with Gasteiger partial charge in [-0.25, -0.2) is 0 Å². The average Bonchev–Trinajstić information content (AvgIpc) is 3.04. The van der Waals surface area contributed by atoms with Crippen LogP contribution in [0.5, 0.6) is 0 Å². The maximum Gasteiger partial charge on any atom is 0.323 e. The summed E-state index contributed by atoms with van der Waals surface area (Å²) in [5, 5.41) is 12.3. The molecule has 9 nitrogen and oxygen atoms in total. The number of aliphatic carboxylic acids is 1. The Bertz CT molecular complexity index is 906. The number of nitrogens with zero attached hydrogens (tertiary/aromatic N) is 1. The van der Waals surface area contributed by atoms with Gasteiger partial charge in [0, 0.05) is 23.5 Å². The van der Waals surface area contributed by atoms with E-state index in [9.17, 15) is 19.2 Å². The SMILES string of the molecule is N[C@@H](Cc1c[nH]c2ccccc12)C(=O)N[C@H]1CCC(=O)N(CC(=O)O)C1=O. The van der Waals surface area contributed by atoms with Gasteiger partial charge in [-0.1, -0.05) is 18.2 Å². The Balaban J connectivity index is 1.64. The third-order valence-corrected chi connectivity index (χ3v) is 4.57. The van der Waals surface area contributed by atoms with Crippen LogP contribution in [0.25, 0.3) is 10.9 Å². The largest absolute Gasteiger partial charge is 0.480 e.